The van der Waals surface area contributed by atoms with Gasteiger partial charge in [-0.25, -0.2) is 0 Å². The average Bonchev–Trinajstić information content (AvgIpc) is 2.20. The summed E-state index contributed by atoms with van der Waals surface area (Å²) in [6.07, 6.45) is 0. The van der Waals surface area contributed by atoms with Crippen molar-refractivity contribution in [2.45, 2.75) is 5.92 Å². The standard InChI is InChI=1S/C10H10ClNO/c1-13-10-4-2-3-8(5-10)9(6-11)7-12/h2-5,9H,6H2,1H3. The summed E-state index contributed by atoms with van der Waals surface area (Å²) in [5.74, 6) is 0.809. The first-order valence-electron chi connectivity index (χ1n) is 3.91. The van der Waals surface area contributed by atoms with Crippen LogP contribution in [-0.2, 0) is 0 Å². The van der Waals surface area contributed by atoms with Gasteiger partial charge in [-0.05, 0) is 17.7 Å². The highest BCUT2D eigenvalue weighted by atomic mass is 35.5. The summed E-state index contributed by atoms with van der Waals surface area (Å²) in [4.78, 5) is 0. The number of nitriles is 1. The number of hydrogen-bond acceptors (Lipinski definition) is 2. The van der Waals surface area contributed by atoms with E-state index in [0.29, 0.717) is 5.88 Å². The highest BCUT2D eigenvalue weighted by Crippen LogP contribution is 2.21. The molecule has 0 amide bonds. The number of nitrogens with zero attached hydrogens (tertiary/aromatic N) is 1. The van der Waals surface area contributed by atoms with Gasteiger partial charge in [-0.3, -0.25) is 0 Å². The molecule has 1 aromatic rings. The third-order valence-electron chi connectivity index (χ3n) is 1.81. The van der Waals surface area contributed by atoms with Crippen LogP contribution in [0.25, 0.3) is 0 Å². The fraction of sp³-hybridized carbons (Fsp3) is 0.300. The van der Waals surface area contributed by atoms with Crippen LogP contribution in [0, 0.1) is 11.3 Å². The van der Waals surface area contributed by atoms with E-state index >= 15 is 0 Å². The molecule has 0 saturated carbocycles. The quantitative estimate of drug-likeness (QED) is 0.695. The van der Waals surface area contributed by atoms with E-state index in [1.165, 1.54) is 0 Å². The summed E-state index contributed by atoms with van der Waals surface area (Å²) in [5.41, 5.74) is 0.900. The molecule has 1 aromatic carbocycles. The Hall–Kier alpha value is -1.20. The molecule has 0 fully saturated rings. The molecule has 0 aromatic heterocycles. The Kier molecular flexibility index (Phi) is 3.60. The molecule has 0 aliphatic carbocycles. The lowest BCUT2D eigenvalue weighted by Gasteiger charge is -2.06. The van der Waals surface area contributed by atoms with E-state index < -0.39 is 0 Å². The van der Waals surface area contributed by atoms with Crippen LogP contribution in [0.4, 0.5) is 0 Å². The smallest absolute Gasteiger partial charge is 0.119 e. The van der Waals surface area contributed by atoms with Gasteiger partial charge in [-0.1, -0.05) is 12.1 Å². The number of hydrogen-bond donors (Lipinski definition) is 0. The first-order valence-corrected chi connectivity index (χ1v) is 4.44. The lowest BCUT2D eigenvalue weighted by atomic mass is 10.0. The molecule has 0 radical (unpaired) electrons. The van der Waals surface area contributed by atoms with Gasteiger partial charge in [0, 0.05) is 5.88 Å². The van der Waals surface area contributed by atoms with Gasteiger partial charge in [0.2, 0.25) is 0 Å². The fourth-order valence-electron chi connectivity index (χ4n) is 1.06. The molecule has 0 aliphatic rings. The second kappa shape index (κ2) is 4.74. The molecule has 0 N–H and O–H groups in total. The number of benzene rings is 1. The molecule has 0 aliphatic heterocycles. The van der Waals surface area contributed by atoms with Crippen LogP contribution in [-0.4, -0.2) is 13.0 Å². The van der Waals surface area contributed by atoms with Crippen LogP contribution in [0.3, 0.4) is 0 Å². The zero-order chi connectivity index (χ0) is 9.68. The van der Waals surface area contributed by atoms with Gasteiger partial charge in [0.15, 0.2) is 0 Å². The van der Waals surface area contributed by atoms with Crippen molar-refractivity contribution < 1.29 is 4.74 Å². The number of halogens is 1. The van der Waals surface area contributed by atoms with Gasteiger partial charge >= 0.3 is 0 Å². The second-order valence-electron chi connectivity index (χ2n) is 2.61. The normalized spacial score (nSPS) is 11.8. The molecule has 0 heterocycles. The van der Waals surface area contributed by atoms with Crippen molar-refractivity contribution in [1.29, 1.82) is 5.26 Å². The molecule has 1 rings (SSSR count). The SMILES string of the molecule is COc1cccc(C(C#N)CCl)c1. The fourth-order valence-corrected chi connectivity index (χ4v) is 1.30. The Morgan fingerprint density at radius 3 is 2.92 bits per heavy atom. The molecule has 13 heavy (non-hydrogen) atoms. The van der Waals surface area contributed by atoms with Crippen molar-refractivity contribution in [1.82, 2.24) is 0 Å². The molecule has 1 atom stereocenters. The van der Waals surface area contributed by atoms with Crippen molar-refractivity contribution in [3.63, 3.8) is 0 Å². The average molecular weight is 196 g/mol. The number of rotatable bonds is 3. The van der Waals surface area contributed by atoms with E-state index in [9.17, 15) is 0 Å². The lowest BCUT2D eigenvalue weighted by Crippen LogP contribution is -1.97. The minimum absolute atomic E-state index is 0.253. The van der Waals surface area contributed by atoms with Crippen LogP contribution < -0.4 is 4.74 Å². The van der Waals surface area contributed by atoms with Crippen molar-refractivity contribution in [2.24, 2.45) is 0 Å². The van der Waals surface area contributed by atoms with E-state index in [1.807, 2.05) is 24.3 Å². The number of ether oxygens (including phenoxy) is 1. The van der Waals surface area contributed by atoms with Crippen LogP contribution >= 0.6 is 11.6 Å². The largest absolute Gasteiger partial charge is 0.497 e. The third-order valence-corrected chi connectivity index (χ3v) is 2.11. The Labute approximate surface area is 82.7 Å². The van der Waals surface area contributed by atoms with Crippen LogP contribution in [0.2, 0.25) is 0 Å². The zero-order valence-electron chi connectivity index (χ0n) is 7.33. The van der Waals surface area contributed by atoms with Gasteiger partial charge in [0.25, 0.3) is 0 Å². The van der Waals surface area contributed by atoms with Gasteiger partial charge in [0.05, 0.1) is 19.1 Å². The second-order valence-corrected chi connectivity index (χ2v) is 2.92. The van der Waals surface area contributed by atoms with E-state index in [1.54, 1.807) is 7.11 Å². The first kappa shape index (κ1) is 9.88. The molecule has 68 valence electrons. The maximum atomic E-state index is 8.77. The molecule has 2 nitrogen and oxygen atoms in total. The molecule has 3 heteroatoms. The Morgan fingerprint density at radius 1 is 1.62 bits per heavy atom. The molecule has 0 spiro atoms. The Bertz CT molecular complexity index is 319. The van der Waals surface area contributed by atoms with Crippen molar-refractivity contribution in [2.75, 3.05) is 13.0 Å². The highest BCUT2D eigenvalue weighted by molar-refractivity contribution is 6.18. The van der Waals surface area contributed by atoms with E-state index in [4.69, 9.17) is 21.6 Å². The predicted octanol–water partition coefficient (Wildman–Crippen LogP) is 2.54. The Balaban J connectivity index is 2.94. The number of methoxy groups -OCH3 is 1. The van der Waals surface area contributed by atoms with Gasteiger partial charge in [-0.15, -0.1) is 11.6 Å². The van der Waals surface area contributed by atoms with E-state index in [-0.39, 0.29) is 5.92 Å². The van der Waals surface area contributed by atoms with E-state index in [2.05, 4.69) is 6.07 Å². The highest BCUT2D eigenvalue weighted by Gasteiger charge is 2.08. The van der Waals surface area contributed by atoms with Gasteiger partial charge in [-0.2, -0.15) is 5.26 Å². The molecular weight excluding hydrogens is 186 g/mol. The summed E-state index contributed by atoms with van der Waals surface area (Å²) < 4.78 is 5.04. The summed E-state index contributed by atoms with van der Waals surface area (Å²) in [5, 5.41) is 8.77. The van der Waals surface area contributed by atoms with Crippen LogP contribution in [0.15, 0.2) is 24.3 Å². The minimum atomic E-state index is -0.253. The zero-order valence-corrected chi connectivity index (χ0v) is 8.08. The minimum Gasteiger partial charge on any atom is -0.497 e. The summed E-state index contributed by atoms with van der Waals surface area (Å²) in [7, 11) is 1.60. The molecule has 0 bridgehead atoms. The van der Waals surface area contributed by atoms with Crippen molar-refractivity contribution in [3.8, 4) is 11.8 Å². The maximum absolute atomic E-state index is 8.77. The first-order chi connectivity index (χ1) is 6.31. The molecular formula is C10H10ClNO. The Morgan fingerprint density at radius 2 is 2.38 bits per heavy atom. The van der Waals surface area contributed by atoms with Crippen molar-refractivity contribution in [3.05, 3.63) is 29.8 Å². The summed E-state index contributed by atoms with van der Waals surface area (Å²) in [6.45, 7) is 0. The van der Waals surface area contributed by atoms with Crippen LogP contribution in [0.1, 0.15) is 11.5 Å². The number of alkyl halides is 1. The lowest BCUT2D eigenvalue weighted by molar-refractivity contribution is 0.414. The predicted molar refractivity (Wildman–Crippen MR) is 52.1 cm³/mol. The third kappa shape index (κ3) is 2.37. The van der Waals surface area contributed by atoms with Gasteiger partial charge in [0.1, 0.15) is 5.75 Å². The molecule has 1 unspecified atom stereocenters. The summed E-state index contributed by atoms with van der Waals surface area (Å²) in [6, 6.07) is 9.53. The van der Waals surface area contributed by atoms with E-state index in [0.717, 1.165) is 11.3 Å². The monoisotopic (exact) mass is 195 g/mol. The maximum Gasteiger partial charge on any atom is 0.119 e. The summed E-state index contributed by atoms with van der Waals surface area (Å²) >= 11 is 5.63. The van der Waals surface area contributed by atoms with Crippen molar-refractivity contribution >= 4 is 11.6 Å². The topological polar surface area (TPSA) is 33.0 Å². The molecule has 0 saturated heterocycles. The van der Waals surface area contributed by atoms with Gasteiger partial charge < -0.3 is 4.74 Å². The van der Waals surface area contributed by atoms with Crippen LogP contribution in [0.5, 0.6) is 5.75 Å².